The number of hydrogen-bond donors (Lipinski definition) is 4. The Morgan fingerprint density at radius 1 is 1.12 bits per heavy atom. The maximum atomic E-state index is 11.0. The third kappa shape index (κ3) is 6.41. The molecule has 2 rings (SSSR count). The summed E-state index contributed by atoms with van der Waals surface area (Å²) < 4.78 is 21.9. The molecule has 0 aliphatic heterocycles. The van der Waals surface area contributed by atoms with Crippen molar-refractivity contribution in [2.45, 2.75) is 16.7 Å². The van der Waals surface area contributed by atoms with Crippen LogP contribution in [0.25, 0.3) is 0 Å². The molecule has 7 nitrogen and oxygen atoms in total. The van der Waals surface area contributed by atoms with Gasteiger partial charge in [-0.15, -0.1) is 12.6 Å². The monoisotopic (exact) mass is 368 g/mol. The molecule has 4 N–H and O–H groups in total. The third-order valence-electron chi connectivity index (χ3n) is 2.61. The zero-order valence-electron chi connectivity index (χ0n) is 12.6. The second-order valence-electron chi connectivity index (χ2n) is 4.58. The van der Waals surface area contributed by atoms with E-state index in [0.29, 0.717) is 0 Å². The molecule has 0 unspecified atom stereocenters. The number of aromatic carboxylic acids is 1. The van der Waals surface area contributed by atoms with Gasteiger partial charge in [-0.1, -0.05) is 18.2 Å². The van der Waals surface area contributed by atoms with E-state index in [1.807, 2.05) is 30.3 Å². The summed E-state index contributed by atoms with van der Waals surface area (Å²) in [6.45, 7) is 1.49. The van der Waals surface area contributed by atoms with Crippen LogP contribution in [0, 0.1) is 0 Å². The first-order valence-electron chi connectivity index (χ1n) is 6.53. The molecule has 24 heavy (non-hydrogen) atoms. The Kier molecular flexibility index (Phi) is 6.96. The van der Waals surface area contributed by atoms with Crippen LogP contribution in [0.3, 0.4) is 0 Å². The zero-order chi connectivity index (χ0) is 18.3. The van der Waals surface area contributed by atoms with Gasteiger partial charge in [-0.3, -0.25) is 4.79 Å². The predicted molar refractivity (Wildman–Crippen MR) is 92.8 cm³/mol. The molecule has 0 saturated carbocycles. The number of amides is 1. The van der Waals surface area contributed by atoms with E-state index in [1.54, 1.807) is 0 Å². The molecule has 0 radical (unpaired) electrons. The molecule has 9 heteroatoms. The van der Waals surface area contributed by atoms with Gasteiger partial charge in [0.2, 0.25) is 15.9 Å². The van der Waals surface area contributed by atoms with E-state index >= 15 is 0 Å². The van der Waals surface area contributed by atoms with Crippen molar-refractivity contribution < 1.29 is 23.1 Å². The number of hydrogen-bond acceptors (Lipinski definition) is 5. The molecular weight excluding hydrogens is 352 g/mol. The molecule has 0 aliphatic carbocycles. The highest BCUT2D eigenvalue weighted by atomic mass is 32.2. The fourth-order valence-electron chi connectivity index (χ4n) is 1.60. The standard InChI is InChI=1S/C8H9NO.C7H7NO4S2/c1-7(10)9-8-5-3-2-4-6-8;8-14(11,12)6-3-4(7(9)10)1-2-5(6)13/h2-6H,1H3,(H,9,10);1-3,13H,(H,9,10)(H2,8,11,12). The van der Waals surface area contributed by atoms with E-state index < -0.39 is 16.0 Å². The van der Waals surface area contributed by atoms with Gasteiger partial charge in [-0.2, -0.15) is 0 Å². The molecule has 1 amide bonds. The van der Waals surface area contributed by atoms with Crippen molar-refractivity contribution in [2.75, 3.05) is 5.32 Å². The van der Waals surface area contributed by atoms with Crippen LogP contribution in [0.1, 0.15) is 17.3 Å². The molecule has 0 heterocycles. The van der Waals surface area contributed by atoms with Crippen molar-refractivity contribution in [1.82, 2.24) is 0 Å². The van der Waals surface area contributed by atoms with E-state index in [1.165, 1.54) is 19.1 Å². The van der Waals surface area contributed by atoms with Gasteiger partial charge in [-0.05, 0) is 30.3 Å². The van der Waals surface area contributed by atoms with Gasteiger partial charge in [0.1, 0.15) is 0 Å². The van der Waals surface area contributed by atoms with E-state index in [9.17, 15) is 18.0 Å². The molecule has 0 saturated heterocycles. The third-order valence-corrected chi connectivity index (χ3v) is 4.10. The van der Waals surface area contributed by atoms with Crippen LogP contribution in [-0.2, 0) is 14.8 Å². The summed E-state index contributed by atoms with van der Waals surface area (Å²) in [7, 11) is -3.93. The number of carbonyl (C=O) groups excluding carboxylic acids is 1. The lowest BCUT2D eigenvalue weighted by Crippen LogP contribution is -2.14. The topological polar surface area (TPSA) is 127 Å². The number of carboxylic acid groups (broad SMARTS) is 1. The highest BCUT2D eigenvalue weighted by Crippen LogP contribution is 2.19. The molecule has 0 bridgehead atoms. The summed E-state index contributed by atoms with van der Waals surface area (Å²) in [4.78, 5) is 20.9. The normalized spacial score (nSPS) is 10.3. The average Bonchev–Trinajstić information content (AvgIpc) is 2.47. The average molecular weight is 368 g/mol. The Hall–Kier alpha value is -2.36. The van der Waals surface area contributed by atoms with Gasteiger partial charge in [0, 0.05) is 17.5 Å². The summed E-state index contributed by atoms with van der Waals surface area (Å²) in [6, 6.07) is 12.9. The second-order valence-corrected chi connectivity index (χ2v) is 6.59. The van der Waals surface area contributed by atoms with E-state index in [0.717, 1.165) is 11.8 Å². The maximum absolute atomic E-state index is 11.0. The summed E-state index contributed by atoms with van der Waals surface area (Å²) in [5.74, 6) is -1.26. The van der Waals surface area contributed by atoms with Crippen LogP contribution in [-0.4, -0.2) is 25.4 Å². The Balaban J connectivity index is 0.000000254. The van der Waals surface area contributed by atoms with E-state index in [-0.39, 0.29) is 21.3 Å². The van der Waals surface area contributed by atoms with Crippen LogP contribution in [0.2, 0.25) is 0 Å². The SMILES string of the molecule is CC(=O)Nc1ccccc1.NS(=O)(=O)c1cc(C(=O)O)ccc1S. The minimum absolute atomic E-state index is 0.0359. The van der Waals surface area contributed by atoms with Gasteiger partial charge in [0.15, 0.2) is 0 Å². The van der Waals surface area contributed by atoms with Crippen LogP contribution in [0.4, 0.5) is 5.69 Å². The highest BCUT2D eigenvalue weighted by molar-refractivity contribution is 7.90. The molecule has 2 aromatic carbocycles. The number of rotatable bonds is 3. The maximum Gasteiger partial charge on any atom is 0.335 e. The number of carbonyl (C=O) groups is 2. The Labute approximate surface area is 145 Å². The smallest absolute Gasteiger partial charge is 0.335 e. The number of nitrogens with one attached hydrogen (secondary N) is 1. The molecule has 0 aliphatic rings. The fourth-order valence-corrected chi connectivity index (χ4v) is 2.77. The van der Waals surface area contributed by atoms with Crippen molar-refractivity contribution >= 4 is 40.2 Å². The van der Waals surface area contributed by atoms with Gasteiger partial charge >= 0.3 is 5.97 Å². The number of anilines is 1. The molecule has 0 aromatic heterocycles. The first-order valence-corrected chi connectivity index (χ1v) is 8.52. The number of nitrogens with two attached hydrogens (primary N) is 1. The van der Waals surface area contributed by atoms with Gasteiger partial charge in [0.05, 0.1) is 10.5 Å². The van der Waals surface area contributed by atoms with E-state index in [2.05, 4.69) is 17.9 Å². The number of thiol groups is 1. The lowest BCUT2D eigenvalue weighted by atomic mass is 10.2. The van der Waals surface area contributed by atoms with Gasteiger partial charge < -0.3 is 10.4 Å². The lowest BCUT2D eigenvalue weighted by molar-refractivity contribution is -0.114. The predicted octanol–water partition coefficient (Wildman–Crippen LogP) is 1.97. The zero-order valence-corrected chi connectivity index (χ0v) is 14.3. The first kappa shape index (κ1) is 19.7. The van der Waals surface area contributed by atoms with Crippen molar-refractivity contribution in [1.29, 1.82) is 0 Å². The number of benzene rings is 2. The number of carboxylic acids is 1. The minimum atomic E-state index is -3.93. The van der Waals surface area contributed by atoms with Crippen molar-refractivity contribution in [3.05, 3.63) is 54.1 Å². The summed E-state index contributed by atoms with van der Waals surface area (Å²) in [5, 5.41) is 16.1. The number of primary sulfonamides is 1. The first-order chi connectivity index (χ1) is 11.1. The van der Waals surface area contributed by atoms with Crippen LogP contribution in [0.5, 0.6) is 0 Å². The summed E-state index contributed by atoms with van der Waals surface area (Å²) in [6.07, 6.45) is 0. The lowest BCUT2D eigenvalue weighted by Gasteiger charge is -2.03. The Morgan fingerprint density at radius 3 is 2.17 bits per heavy atom. The fraction of sp³-hybridized carbons (Fsp3) is 0.0667. The van der Waals surface area contributed by atoms with E-state index in [4.69, 9.17) is 10.2 Å². The van der Waals surface area contributed by atoms with Crippen LogP contribution >= 0.6 is 12.6 Å². The van der Waals surface area contributed by atoms with Crippen LogP contribution in [0.15, 0.2) is 58.3 Å². The minimum Gasteiger partial charge on any atom is -0.478 e. The summed E-state index contributed by atoms with van der Waals surface area (Å²) >= 11 is 3.85. The quantitative estimate of drug-likeness (QED) is 0.616. The summed E-state index contributed by atoms with van der Waals surface area (Å²) in [5.41, 5.74) is 0.696. The molecule has 128 valence electrons. The molecule has 0 atom stereocenters. The van der Waals surface area contributed by atoms with Crippen molar-refractivity contribution in [2.24, 2.45) is 5.14 Å². The number of para-hydroxylation sites is 1. The number of sulfonamides is 1. The molecular formula is C15H16N2O5S2. The van der Waals surface area contributed by atoms with Gasteiger partial charge in [-0.25, -0.2) is 18.4 Å². The highest BCUT2D eigenvalue weighted by Gasteiger charge is 2.14. The molecule has 0 spiro atoms. The molecule has 0 fully saturated rings. The van der Waals surface area contributed by atoms with Crippen molar-refractivity contribution in [3.8, 4) is 0 Å². The second kappa shape index (κ2) is 8.48. The van der Waals surface area contributed by atoms with Crippen LogP contribution < -0.4 is 10.5 Å². The Morgan fingerprint density at radius 2 is 1.71 bits per heavy atom. The largest absolute Gasteiger partial charge is 0.478 e. The molecule has 2 aromatic rings. The Bertz CT molecular complexity index is 836. The van der Waals surface area contributed by atoms with Crippen molar-refractivity contribution in [3.63, 3.8) is 0 Å². The van der Waals surface area contributed by atoms with Gasteiger partial charge in [0.25, 0.3) is 0 Å².